The van der Waals surface area contributed by atoms with Crippen molar-refractivity contribution in [3.63, 3.8) is 0 Å². The largest absolute Gasteiger partial charge is 0.366 e. The number of aldehydes is 1. The predicted molar refractivity (Wildman–Crippen MR) is 177 cm³/mol. The number of hydrogen-bond acceptors (Lipinski definition) is 7. The van der Waals surface area contributed by atoms with Crippen LogP contribution in [0.3, 0.4) is 0 Å². The van der Waals surface area contributed by atoms with Crippen molar-refractivity contribution in [3.8, 4) is 0 Å². The highest BCUT2D eigenvalue weighted by Crippen LogP contribution is 2.29. The van der Waals surface area contributed by atoms with Gasteiger partial charge in [-0.3, -0.25) is 28.8 Å². The summed E-state index contributed by atoms with van der Waals surface area (Å²) in [6.45, 7) is 0.237. The zero-order valence-electron chi connectivity index (χ0n) is 26.4. The van der Waals surface area contributed by atoms with E-state index in [0.717, 1.165) is 56.9 Å². The smallest absolute Gasteiger partial charge is 0.251 e. The van der Waals surface area contributed by atoms with Gasteiger partial charge in [-0.05, 0) is 73.6 Å². The summed E-state index contributed by atoms with van der Waals surface area (Å²) in [5.74, 6) is -0.998. The lowest BCUT2D eigenvalue weighted by Gasteiger charge is -2.33. The van der Waals surface area contributed by atoms with E-state index in [4.69, 9.17) is 10.6 Å². The van der Waals surface area contributed by atoms with Gasteiger partial charge in [0.05, 0.1) is 6.61 Å². The third-order valence-corrected chi connectivity index (χ3v) is 9.17. The third-order valence-electron chi connectivity index (χ3n) is 9.17. The highest BCUT2D eigenvalue weighted by atomic mass is 16.6. The monoisotopic (exact) mass is 638 g/mol. The Morgan fingerprint density at radius 1 is 0.702 bits per heavy atom. The summed E-state index contributed by atoms with van der Waals surface area (Å²) in [6, 6.07) is 19.9. The molecule has 4 atom stereocenters. The molecule has 5 rings (SSSR count). The van der Waals surface area contributed by atoms with Crippen molar-refractivity contribution in [1.29, 1.82) is 0 Å². The first kappa shape index (κ1) is 33.7. The van der Waals surface area contributed by atoms with Crippen molar-refractivity contribution < 1.29 is 28.8 Å². The topological polar surface area (TPSA) is 157 Å². The fourth-order valence-electron chi connectivity index (χ4n) is 6.58. The number of ketones is 1. The maximum absolute atomic E-state index is 13.3. The average molecular weight is 639 g/mol. The van der Waals surface area contributed by atoms with E-state index in [1.54, 1.807) is 60.7 Å². The number of Topliss-reactive ketones (excluding diaryl/α,β-unsaturated/α-hetero) is 1. The average Bonchev–Trinajstić information content (AvgIpc) is 3.10. The van der Waals surface area contributed by atoms with Crippen LogP contribution >= 0.6 is 0 Å². The molecule has 2 aliphatic carbocycles. The molecule has 2 aliphatic rings. The summed E-state index contributed by atoms with van der Waals surface area (Å²) in [6.07, 6.45) is 8.29. The molecule has 3 aromatic carbocycles. The number of rotatable bonds is 13. The first-order valence-electron chi connectivity index (χ1n) is 16.4. The van der Waals surface area contributed by atoms with Gasteiger partial charge in [0.1, 0.15) is 6.29 Å². The van der Waals surface area contributed by atoms with Crippen molar-refractivity contribution in [2.24, 2.45) is 11.7 Å². The molecule has 2 fully saturated rings. The number of primary amides is 1. The Morgan fingerprint density at radius 2 is 1.28 bits per heavy atom. The van der Waals surface area contributed by atoms with Crippen LogP contribution in [0.2, 0.25) is 0 Å². The molecule has 0 aromatic heterocycles. The van der Waals surface area contributed by atoms with Crippen LogP contribution in [-0.4, -0.2) is 47.9 Å². The maximum Gasteiger partial charge on any atom is 0.251 e. The summed E-state index contributed by atoms with van der Waals surface area (Å²) in [5.41, 5.74) is 11.5. The van der Waals surface area contributed by atoms with Gasteiger partial charge >= 0.3 is 0 Å². The predicted octanol–water partition coefficient (Wildman–Crippen LogP) is 4.92. The Morgan fingerprint density at radius 3 is 1.96 bits per heavy atom. The molecule has 10 heteroatoms. The Balaban J connectivity index is 1.14. The van der Waals surface area contributed by atoms with Crippen molar-refractivity contribution in [2.75, 3.05) is 0 Å². The van der Waals surface area contributed by atoms with Gasteiger partial charge in [0.15, 0.2) is 5.78 Å². The van der Waals surface area contributed by atoms with Crippen LogP contribution in [0.5, 0.6) is 0 Å². The molecule has 2 saturated carbocycles. The first-order valence-corrected chi connectivity index (χ1v) is 16.4. The molecule has 10 nitrogen and oxygen atoms in total. The van der Waals surface area contributed by atoms with Gasteiger partial charge in [0.2, 0.25) is 5.91 Å². The molecular weight excluding hydrogens is 596 g/mol. The van der Waals surface area contributed by atoms with E-state index >= 15 is 0 Å². The number of carbonyl (C=O) groups is 5. The highest BCUT2D eigenvalue weighted by Gasteiger charge is 2.30. The summed E-state index contributed by atoms with van der Waals surface area (Å²) in [7, 11) is 0. The van der Waals surface area contributed by atoms with Crippen LogP contribution < -0.4 is 21.8 Å². The SMILES string of the molecule is NC(=O)c1cccc(C(=O)CC2CCCCC2NOCc2cccc(C(=O)NC3CCCCC3NC(=O)c3cccc(C=O)c3)c2)c1. The molecule has 3 aromatic rings. The van der Waals surface area contributed by atoms with Crippen LogP contribution in [0.1, 0.15) is 115 Å². The Bertz CT molecular complexity index is 1610. The molecule has 246 valence electrons. The number of nitrogens with two attached hydrogens (primary N) is 1. The van der Waals surface area contributed by atoms with Crippen LogP contribution in [0.15, 0.2) is 72.8 Å². The molecule has 4 unspecified atom stereocenters. The van der Waals surface area contributed by atoms with Gasteiger partial charge in [0.25, 0.3) is 11.8 Å². The van der Waals surface area contributed by atoms with Crippen molar-refractivity contribution in [2.45, 2.75) is 82.5 Å². The molecule has 0 saturated heterocycles. The van der Waals surface area contributed by atoms with E-state index in [1.165, 1.54) is 0 Å². The fraction of sp³-hybridized carbons (Fsp3) is 0.378. The van der Waals surface area contributed by atoms with E-state index in [-0.39, 0.29) is 48.2 Å². The van der Waals surface area contributed by atoms with Crippen LogP contribution in [0.4, 0.5) is 0 Å². The molecule has 0 bridgehead atoms. The number of hydrogen-bond donors (Lipinski definition) is 4. The molecule has 0 spiro atoms. The summed E-state index contributed by atoms with van der Waals surface area (Å²) in [4.78, 5) is 67.9. The molecule has 5 N–H and O–H groups in total. The van der Waals surface area contributed by atoms with Gasteiger partial charge in [-0.2, -0.15) is 5.48 Å². The highest BCUT2D eigenvalue weighted by molar-refractivity contribution is 6.00. The van der Waals surface area contributed by atoms with Gasteiger partial charge in [-0.25, -0.2) is 0 Å². The fourth-order valence-corrected chi connectivity index (χ4v) is 6.58. The molecule has 0 radical (unpaired) electrons. The second-order valence-electron chi connectivity index (χ2n) is 12.5. The molecular formula is C37H42N4O6. The standard InChI is InChI=1S/C37H42N4O6/c38-35(44)28-12-7-11-27(20-28)34(43)21-26-10-1-2-15-31(26)41-47-23-25-9-6-14-30(19-25)37(46)40-33-17-4-3-16-32(33)39-36(45)29-13-5-8-24(18-29)22-42/h5-9,11-14,18-20,22,26,31-33,41H,1-4,10,15-17,21,23H2,(H2,38,44)(H,39,45)(H,40,46). The van der Waals surface area contributed by atoms with Crippen LogP contribution in [0, 0.1) is 5.92 Å². The number of benzene rings is 3. The lowest BCUT2D eigenvalue weighted by molar-refractivity contribution is -0.0202. The summed E-state index contributed by atoms with van der Waals surface area (Å²) >= 11 is 0. The van der Waals surface area contributed by atoms with E-state index in [2.05, 4.69) is 16.1 Å². The van der Waals surface area contributed by atoms with E-state index in [1.807, 2.05) is 12.1 Å². The molecule has 0 aliphatic heterocycles. The number of carbonyl (C=O) groups excluding carboxylic acids is 5. The number of nitrogens with one attached hydrogen (secondary N) is 3. The van der Waals surface area contributed by atoms with E-state index in [9.17, 15) is 24.0 Å². The van der Waals surface area contributed by atoms with Crippen LogP contribution in [0.25, 0.3) is 0 Å². The van der Waals surface area contributed by atoms with Gasteiger partial charge in [-0.1, -0.05) is 62.1 Å². The zero-order valence-corrected chi connectivity index (χ0v) is 26.4. The van der Waals surface area contributed by atoms with E-state index in [0.29, 0.717) is 40.5 Å². The molecule has 0 heterocycles. The minimum absolute atomic E-state index is 0.00198. The first-order chi connectivity index (χ1) is 22.8. The zero-order chi connectivity index (χ0) is 33.2. The Labute approximate surface area is 274 Å². The normalized spacial score (nSPS) is 20.9. The molecule has 47 heavy (non-hydrogen) atoms. The summed E-state index contributed by atoms with van der Waals surface area (Å²) < 4.78 is 0. The second-order valence-corrected chi connectivity index (χ2v) is 12.5. The van der Waals surface area contributed by atoms with Crippen molar-refractivity contribution in [1.82, 2.24) is 16.1 Å². The minimum atomic E-state index is -0.562. The van der Waals surface area contributed by atoms with Crippen molar-refractivity contribution in [3.05, 3.63) is 106 Å². The minimum Gasteiger partial charge on any atom is -0.366 e. The van der Waals surface area contributed by atoms with Gasteiger partial charge in [0, 0.05) is 52.4 Å². The third kappa shape index (κ3) is 9.21. The summed E-state index contributed by atoms with van der Waals surface area (Å²) in [5, 5.41) is 6.18. The van der Waals surface area contributed by atoms with E-state index < -0.39 is 5.91 Å². The van der Waals surface area contributed by atoms with Crippen molar-refractivity contribution >= 4 is 29.8 Å². The lowest BCUT2D eigenvalue weighted by atomic mass is 9.81. The quantitative estimate of drug-likeness (QED) is 0.118. The lowest BCUT2D eigenvalue weighted by Crippen LogP contribution is -2.53. The maximum atomic E-state index is 13.3. The van der Waals surface area contributed by atoms with Gasteiger partial charge < -0.3 is 16.4 Å². The Hall–Kier alpha value is -4.67. The number of hydroxylamine groups is 1. The molecule has 3 amide bonds. The van der Waals surface area contributed by atoms with Crippen LogP contribution in [-0.2, 0) is 11.4 Å². The van der Waals surface area contributed by atoms with Gasteiger partial charge in [-0.15, -0.1) is 0 Å². The number of amides is 3. The second kappa shape index (κ2) is 16.2. The Kier molecular flexibility index (Phi) is 11.6.